The number of carbonyl (C=O) groups is 1. The molecule has 0 aliphatic carbocycles. The van der Waals surface area contributed by atoms with Crippen molar-refractivity contribution < 1.29 is 27.8 Å². The lowest BCUT2D eigenvalue weighted by atomic mass is 10.2. The van der Waals surface area contributed by atoms with Gasteiger partial charge in [-0.1, -0.05) is 0 Å². The highest BCUT2D eigenvalue weighted by Gasteiger charge is 2.27. The number of carboxylic acids is 1. The summed E-state index contributed by atoms with van der Waals surface area (Å²) in [7, 11) is -2.33. The van der Waals surface area contributed by atoms with Gasteiger partial charge in [-0.25, -0.2) is 4.79 Å². The predicted molar refractivity (Wildman–Crippen MR) is 61.0 cm³/mol. The molecule has 0 unspecified atom stereocenters. The van der Waals surface area contributed by atoms with Gasteiger partial charge in [-0.3, -0.25) is 0 Å². The molecular formula is C10H16F2O4Si. The van der Waals surface area contributed by atoms with E-state index in [0.717, 1.165) is 6.26 Å². The van der Waals surface area contributed by atoms with Crippen molar-refractivity contribution in [2.24, 2.45) is 0 Å². The van der Waals surface area contributed by atoms with Crippen molar-refractivity contribution in [1.29, 1.82) is 0 Å². The second-order valence-corrected chi connectivity index (χ2v) is 8.52. The molecule has 0 saturated heterocycles. The van der Waals surface area contributed by atoms with Crippen molar-refractivity contribution in [3.63, 3.8) is 0 Å². The summed E-state index contributed by atoms with van der Waals surface area (Å²) >= 11 is 0. The maximum atomic E-state index is 12.7. The molecule has 0 radical (unpaired) electrons. The van der Waals surface area contributed by atoms with Crippen LogP contribution in [0.25, 0.3) is 0 Å². The summed E-state index contributed by atoms with van der Waals surface area (Å²) in [6.45, 7) is 6.83. The molecule has 1 N–H and O–H groups in total. The number of ether oxygens (including phenoxy) is 1. The first-order valence-corrected chi connectivity index (χ1v) is 8.39. The van der Waals surface area contributed by atoms with Crippen molar-refractivity contribution in [2.45, 2.75) is 26.6 Å². The lowest BCUT2D eigenvalue weighted by molar-refractivity contribution is -0.132. The Kier molecular flexibility index (Phi) is 5.87. The van der Waals surface area contributed by atoms with Crippen molar-refractivity contribution in [3.05, 3.63) is 23.7 Å². The molecule has 0 bridgehead atoms. The van der Waals surface area contributed by atoms with Gasteiger partial charge in [0.05, 0.1) is 6.61 Å². The van der Waals surface area contributed by atoms with Gasteiger partial charge in [-0.15, -0.1) is 0 Å². The van der Waals surface area contributed by atoms with Gasteiger partial charge < -0.3 is 14.3 Å². The first kappa shape index (κ1) is 15.6. The van der Waals surface area contributed by atoms with Gasteiger partial charge in [0.2, 0.25) is 8.32 Å². The fourth-order valence-electron chi connectivity index (χ4n) is 0.869. The summed E-state index contributed by atoms with van der Waals surface area (Å²) in [6, 6.07) is 0. The monoisotopic (exact) mass is 266 g/mol. The van der Waals surface area contributed by atoms with E-state index in [1.54, 1.807) is 26.6 Å². The van der Waals surface area contributed by atoms with Crippen LogP contribution in [-0.4, -0.2) is 26.0 Å². The Morgan fingerprint density at radius 3 is 2.18 bits per heavy atom. The van der Waals surface area contributed by atoms with Gasteiger partial charge in [0.1, 0.15) is 11.8 Å². The van der Waals surface area contributed by atoms with Crippen LogP contribution in [0, 0.1) is 0 Å². The quantitative estimate of drug-likeness (QED) is 0.347. The normalized spacial score (nSPS) is 12.0. The zero-order valence-corrected chi connectivity index (χ0v) is 11.2. The lowest BCUT2D eigenvalue weighted by Gasteiger charge is -2.21. The molecule has 0 aromatic rings. The second kappa shape index (κ2) is 6.38. The van der Waals surface area contributed by atoms with E-state index in [1.165, 1.54) is 0 Å². The van der Waals surface area contributed by atoms with E-state index in [4.69, 9.17) is 14.3 Å². The maximum Gasteiger partial charge on any atom is 0.342 e. The average Bonchev–Trinajstić information content (AvgIpc) is 2.14. The maximum absolute atomic E-state index is 12.7. The summed E-state index contributed by atoms with van der Waals surface area (Å²) in [6.07, 6.45) is -1.39. The summed E-state index contributed by atoms with van der Waals surface area (Å²) in [5.74, 6) is -2.43. The zero-order chi connectivity index (χ0) is 13.6. The third kappa shape index (κ3) is 6.05. The number of halogens is 2. The molecule has 0 rings (SSSR count). The lowest BCUT2D eigenvalue weighted by Crippen LogP contribution is -2.27. The van der Waals surface area contributed by atoms with Crippen LogP contribution in [-0.2, 0) is 14.0 Å². The molecule has 0 saturated carbocycles. The average molecular weight is 266 g/mol. The Balaban J connectivity index is 5.30. The number of rotatable bonds is 6. The van der Waals surface area contributed by atoms with Gasteiger partial charge in [0.15, 0.2) is 5.76 Å². The third-order valence-electron chi connectivity index (χ3n) is 1.42. The molecule has 0 amide bonds. The molecular weight excluding hydrogens is 250 g/mol. The highest BCUT2D eigenvalue weighted by atomic mass is 28.4. The van der Waals surface area contributed by atoms with E-state index in [9.17, 15) is 13.6 Å². The van der Waals surface area contributed by atoms with Crippen LogP contribution in [0.4, 0.5) is 8.78 Å². The van der Waals surface area contributed by atoms with E-state index in [2.05, 4.69) is 0 Å². The zero-order valence-electron chi connectivity index (χ0n) is 10.2. The van der Waals surface area contributed by atoms with Gasteiger partial charge in [-0.05, 0) is 26.6 Å². The molecule has 0 heterocycles. The molecule has 7 heteroatoms. The van der Waals surface area contributed by atoms with Gasteiger partial charge in [0.25, 0.3) is 0 Å². The van der Waals surface area contributed by atoms with Crippen molar-refractivity contribution >= 4 is 14.3 Å². The molecule has 0 spiro atoms. The van der Waals surface area contributed by atoms with E-state index < -0.39 is 31.7 Å². The molecule has 0 aliphatic heterocycles. The number of aliphatic carboxylic acids is 1. The number of hydrogen-bond acceptors (Lipinski definition) is 3. The molecule has 4 nitrogen and oxygen atoms in total. The van der Waals surface area contributed by atoms with Crippen LogP contribution in [0.15, 0.2) is 23.7 Å². The first-order chi connectivity index (χ1) is 7.69. The molecule has 0 aromatic carbocycles. The minimum atomic E-state index is -2.33. The summed E-state index contributed by atoms with van der Waals surface area (Å²) in [5.41, 5.74) is -0.672. The number of carboxylic acid groups (broad SMARTS) is 1. The van der Waals surface area contributed by atoms with E-state index in [1.807, 2.05) is 0 Å². The summed E-state index contributed by atoms with van der Waals surface area (Å²) < 4.78 is 35.2. The van der Waals surface area contributed by atoms with Gasteiger partial charge in [-0.2, -0.15) is 8.78 Å². The van der Waals surface area contributed by atoms with Gasteiger partial charge in [0, 0.05) is 0 Å². The SMILES string of the molecule is CCOC=C(C(=O)O)C(O[Si](C)(C)C)=C(F)F. The van der Waals surface area contributed by atoms with Crippen LogP contribution in [0.5, 0.6) is 0 Å². The standard InChI is InChI=1S/C10H16F2O4Si/c1-5-15-6-7(10(13)14)8(9(11)12)16-17(2,3)4/h6H,5H2,1-4H3,(H,13,14). The van der Waals surface area contributed by atoms with Crippen LogP contribution < -0.4 is 0 Å². The van der Waals surface area contributed by atoms with Crippen LogP contribution in [0.2, 0.25) is 19.6 Å². The van der Waals surface area contributed by atoms with Crippen LogP contribution >= 0.6 is 0 Å². The topological polar surface area (TPSA) is 55.8 Å². The Labute approximate surface area is 99.7 Å². The second-order valence-electron chi connectivity index (χ2n) is 4.10. The number of hydrogen-bond donors (Lipinski definition) is 1. The molecule has 0 fully saturated rings. The molecule has 0 aromatic heterocycles. The predicted octanol–water partition coefficient (Wildman–Crippen LogP) is 2.95. The smallest absolute Gasteiger partial charge is 0.342 e. The first-order valence-electron chi connectivity index (χ1n) is 4.98. The highest BCUT2D eigenvalue weighted by molar-refractivity contribution is 6.70. The van der Waals surface area contributed by atoms with Crippen molar-refractivity contribution in [1.82, 2.24) is 0 Å². The summed E-state index contributed by atoms with van der Waals surface area (Å²) in [5, 5.41) is 8.84. The highest BCUT2D eigenvalue weighted by Crippen LogP contribution is 2.23. The van der Waals surface area contributed by atoms with Crippen molar-refractivity contribution in [3.8, 4) is 0 Å². The van der Waals surface area contributed by atoms with E-state index in [-0.39, 0.29) is 6.61 Å². The largest absolute Gasteiger partial charge is 0.540 e. The van der Waals surface area contributed by atoms with Gasteiger partial charge >= 0.3 is 12.0 Å². The Morgan fingerprint density at radius 1 is 1.35 bits per heavy atom. The van der Waals surface area contributed by atoms with E-state index >= 15 is 0 Å². The fraction of sp³-hybridized carbons (Fsp3) is 0.500. The Morgan fingerprint density at radius 2 is 1.88 bits per heavy atom. The van der Waals surface area contributed by atoms with Crippen LogP contribution in [0.3, 0.4) is 0 Å². The molecule has 0 aliphatic rings. The molecule has 0 atom stereocenters. The Hall–Kier alpha value is -1.37. The minimum Gasteiger partial charge on any atom is -0.540 e. The Bertz CT molecular complexity index is 341. The minimum absolute atomic E-state index is 0.185. The van der Waals surface area contributed by atoms with Crippen molar-refractivity contribution in [2.75, 3.05) is 6.61 Å². The summed E-state index contributed by atoms with van der Waals surface area (Å²) in [4.78, 5) is 10.9. The molecule has 17 heavy (non-hydrogen) atoms. The third-order valence-corrected chi connectivity index (χ3v) is 2.24. The fourth-order valence-corrected chi connectivity index (χ4v) is 1.67. The van der Waals surface area contributed by atoms with E-state index in [0.29, 0.717) is 0 Å². The van der Waals surface area contributed by atoms with Crippen LogP contribution in [0.1, 0.15) is 6.92 Å². The molecule has 98 valence electrons.